The zero-order valence-electron chi connectivity index (χ0n) is 12.0. The fourth-order valence-electron chi connectivity index (χ4n) is 3.12. The van der Waals surface area contributed by atoms with Crippen LogP contribution in [0.15, 0.2) is 42.7 Å². The van der Waals surface area contributed by atoms with E-state index in [4.69, 9.17) is 0 Å². The average Bonchev–Trinajstić information content (AvgIpc) is 2.89. The lowest BCUT2D eigenvalue weighted by atomic mass is 9.93. The molecule has 1 heterocycles. The molecule has 0 amide bonds. The smallest absolute Gasteiger partial charge is 0.0807 e. The summed E-state index contributed by atoms with van der Waals surface area (Å²) in [7, 11) is 0. The summed E-state index contributed by atoms with van der Waals surface area (Å²) in [6, 6.07) is 10.7. The van der Waals surface area contributed by atoms with E-state index in [-0.39, 0.29) is 6.10 Å². The molecule has 0 spiro atoms. The first-order valence-corrected chi connectivity index (χ1v) is 7.73. The molecular formula is C18H23NO. The molecular weight excluding hydrogens is 246 g/mol. The molecule has 1 atom stereocenters. The summed E-state index contributed by atoms with van der Waals surface area (Å²) >= 11 is 0. The van der Waals surface area contributed by atoms with Crippen LogP contribution in [-0.4, -0.2) is 9.67 Å². The molecule has 0 bridgehead atoms. The first-order valence-electron chi connectivity index (χ1n) is 7.73. The molecule has 1 aliphatic carbocycles. The summed E-state index contributed by atoms with van der Waals surface area (Å²) in [4.78, 5) is 0. The summed E-state index contributed by atoms with van der Waals surface area (Å²) < 4.78 is 2.27. The number of fused-ring (bicyclic) bond motifs is 1. The van der Waals surface area contributed by atoms with E-state index in [2.05, 4.69) is 47.3 Å². The van der Waals surface area contributed by atoms with Crippen LogP contribution in [0.5, 0.6) is 0 Å². The molecule has 0 fully saturated rings. The van der Waals surface area contributed by atoms with Crippen LogP contribution >= 0.6 is 0 Å². The van der Waals surface area contributed by atoms with Crippen molar-refractivity contribution >= 4 is 0 Å². The molecule has 2 heteroatoms. The Morgan fingerprint density at radius 1 is 1.10 bits per heavy atom. The van der Waals surface area contributed by atoms with Gasteiger partial charge in [0, 0.05) is 24.5 Å². The zero-order chi connectivity index (χ0) is 13.8. The number of aromatic nitrogens is 1. The van der Waals surface area contributed by atoms with Crippen molar-refractivity contribution in [2.75, 3.05) is 0 Å². The Bertz CT molecular complexity index is 544. The minimum Gasteiger partial charge on any atom is -0.388 e. The molecule has 2 aromatic rings. The number of hydrogen-bond acceptors (Lipinski definition) is 1. The van der Waals surface area contributed by atoms with Crippen LogP contribution in [0.1, 0.15) is 48.5 Å². The molecule has 0 aliphatic heterocycles. The highest BCUT2D eigenvalue weighted by atomic mass is 16.3. The molecule has 1 unspecified atom stereocenters. The first kappa shape index (κ1) is 13.4. The lowest BCUT2D eigenvalue weighted by Crippen LogP contribution is -2.05. The van der Waals surface area contributed by atoms with Gasteiger partial charge >= 0.3 is 0 Å². The van der Waals surface area contributed by atoms with E-state index in [1.807, 2.05) is 0 Å². The van der Waals surface area contributed by atoms with E-state index < -0.39 is 0 Å². The molecule has 0 radical (unpaired) electrons. The Hall–Kier alpha value is -1.54. The van der Waals surface area contributed by atoms with Crippen LogP contribution in [0, 0.1) is 0 Å². The maximum absolute atomic E-state index is 9.98. The highest BCUT2D eigenvalue weighted by molar-refractivity contribution is 5.29. The molecule has 3 rings (SSSR count). The molecule has 20 heavy (non-hydrogen) atoms. The van der Waals surface area contributed by atoms with E-state index in [1.165, 1.54) is 29.5 Å². The molecule has 1 aromatic carbocycles. The predicted molar refractivity (Wildman–Crippen MR) is 81.7 cm³/mol. The largest absolute Gasteiger partial charge is 0.388 e. The van der Waals surface area contributed by atoms with E-state index in [1.54, 1.807) is 0 Å². The third-order valence-electron chi connectivity index (χ3n) is 4.25. The van der Waals surface area contributed by atoms with Crippen molar-refractivity contribution in [3.05, 3.63) is 59.4 Å². The van der Waals surface area contributed by atoms with Crippen molar-refractivity contribution < 1.29 is 5.11 Å². The lowest BCUT2D eigenvalue weighted by Gasteiger charge is -2.16. The monoisotopic (exact) mass is 269 g/mol. The van der Waals surface area contributed by atoms with E-state index in [9.17, 15) is 5.11 Å². The number of aliphatic hydroxyl groups excluding tert-OH is 1. The number of benzene rings is 1. The van der Waals surface area contributed by atoms with Gasteiger partial charge in [-0.25, -0.2) is 0 Å². The van der Waals surface area contributed by atoms with Gasteiger partial charge in [0.05, 0.1) is 6.10 Å². The van der Waals surface area contributed by atoms with Gasteiger partial charge in [-0.1, -0.05) is 30.3 Å². The number of rotatable bonds is 5. The Balaban J connectivity index is 1.49. The highest BCUT2D eigenvalue weighted by Gasteiger charge is 2.19. The molecule has 1 aromatic heterocycles. The van der Waals surface area contributed by atoms with Crippen molar-refractivity contribution in [3.8, 4) is 0 Å². The van der Waals surface area contributed by atoms with Crippen LogP contribution < -0.4 is 0 Å². The Labute approximate surface area is 121 Å². The standard InChI is InChI=1S/C18H23NO/c20-18-11-6-10-16-13-19(14-17(16)18)12-5-4-9-15-7-2-1-3-8-15/h1-3,7-8,13-14,18,20H,4-6,9-12H2. The molecule has 0 saturated carbocycles. The fraction of sp³-hybridized carbons (Fsp3) is 0.444. The third-order valence-corrected chi connectivity index (χ3v) is 4.25. The van der Waals surface area contributed by atoms with Gasteiger partial charge in [-0.3, -0.25) is 0 Å². The summed E-state index contributed by atoms with van der Waals surface area (Å²) in [5, 5.41) is 9.98. The number of aliphatic hydroxyl groups is 1. The molecule has 106 valence electrons. The maximum Gasteiger partial charge on any atom is 0.0807 e. The van der Waals surface area contributed by atoms with E-state index in [0.29, 0.717) is 0 Å². The molecule has 2 nitrogen and oxygen atoms in total. The number of nitrogens with zero attached hydrogens (tertiary/aromatic N) is 1. The van der Waals surface area contributed by atoms with Gasteiger partial charge < -0.3 is 9.67 Å². The summed E-state index contributed by atoms with van der Waals surface area (Å²) in [5.41, 5.74) is 3.95. The van der Waals surface area contributed by atoms with E-state index in [0.717, 1.165) is 32.2 Å². The SMILES string of the molecule is OC1CCCc2cn(CCCCc3ccccc3)cc21. The Morgan fingerprint density at radius 3 is 2.75 bits per heavy atom. The van der Waals surface area contributed by atoms with Crippen LogP contribution in [0.4, 0.5) is 0 Å². The van der Waals surface area contributed by atoms with Gasteiger partial charge in [0.25, 0.3) is 0 Å². The average molecular weight is 269 g/mol. The number of hydrogen-bond donors (Lipinski definition) is 1. The second-order valence-corrected chi connectivity index (χ2v) is 5.83. The van der Waals surface area contributed by atoms with Gasteiger partial charge in [-0.2, -0.15) is 0 Å². The second kappa shape index (κ2) is 6.27. The lowest BCUT2D eigenvalue weighted by molar-refractivity contribution is 0.157. The van der Waals surface area contributed by atoms with E-state index >= 15 is 0 Å². The quantitative estimate of drug-likeness (QED) is 0.819. The van der Waals surface area contributed by atoms with Crippen molar-refractivity contribution in [3.63, 3.8) is 0 Å². The highest BCUT2D eigenvalue weighted by Crippen LogP contribution is 2.30. The number of aryl methyl sites for hydroxylation is 3. The molecule has 1 aliphatic rings. The van der Waals surface area contributed by atoms with Gasteiger partial charge in [0.15, 0.2) is 0 Å². The van der Waals surface area contributed by atoms with Crippen molar-refractivity contribution in [2.24, 2.45) is 0 Å². The second-order valence-electron chi connectivity index (χ2n) is 5.83. The van der Waals surface area contributed by atoms with Crippen molar-refractivity contribution in [1.82, 2.24) is 4.57 Å². The topological polar surface area (TPSA) is 25.2 Å². The van der Waals surface area contributed by atoms with Gasteiger partial charge in [-0.05, 0) is 49.7 Å². The predicted octanol–water partition coefficient (Wildman–Crippen LogP) is 3.88. The summed E-state index contributed by atoms with van der Waals surface area (Å²) in [6.07, 6.45) is 10.9. The van der Waals surface area contributed by atoms with Crippen molar-refractivity contribution in [2.45, 2.75) is 51.2 Å². The van der Waals surface area contributed by atoms with Gasteiger partial charge in [0.1, 0.15) is 0 Å². The Kier molecular flexibility index (Phi) is 4.22. The molecule has 1 N–H and O–H groups in total. The van der Waals surface area contributed by atoms with Crippen LogP contribution in [-0.2, 0) is 19.4 Å². The third kappa shape index (κ3) is 3.13. The number of unbranched alkanes of at least 4 members (excludes halogenated alkanes) is 1. The Morgan fingerprint density at radius 2 is 1.95 bits per heavy atom. The molecule has 0 saturated heterocycles. The maximum atomic E-state index is 9.98. The normalized spacial score (nSPS) is 17.9. The summed E-state index contributed by atoms with van der Waals surface area (Å²) in [6.45, 7) is 1.06. The minimum atomic E-state index is -0.232. The van der Waals surface area contributed by atoms with Crippen LogP contribution in [0.25, 0.3) is 0 Å². The van der Waals surface area contributed by atoms with Gasteiger partial charge in [0.2, 0.25) is 0 Å². The van der Waals surface area contributed by atoms with Crippen molar-refractivity contribution in [1.29, 1.82) is 0 Å². The zero-order valence-corrected chi connectivity index (χ0v) is 12.0. The van der Waals surface area contributed by atoms with Crippen LogP contribution in [0.3, 0.4) is 0 Å². The minimum absolute atomic E-state index is 0.232. The van der Waals surface area contributed by atoms with Crippen LogP contribution in [0.2, 0.25) is 0 Å². The fourth-order valence-corrected chi connectivity index (χ4v) is 3.12. The first-order chi connectivity index (χ1) is 9.83. The summed E-state index contributed by atoms with van der Waals surface area (Å²) in [5.74, 6) is 0. The van der Waals surface area contributed by atoms with Gasteiger partial charge in [-0.15, -0.1) is 0 Å².